The zero-order valence-electron chi connectivity index (χ0n) is 16.5. The van der Waals surface area contributed by atoms with E-state index in [-0.39, 0.29) is 24.2 Å². The summed E-state index contributed by atoms with van der Waals surface area (Å²) in [6, 6.07) is 11.0. The van der Waals surface area contributed by atoms with Crippen LogP contribution in [-0.2, 0) is 16.6 Å². The fourth-order valence-corrected chi connectivity index (χ4v) is 3.01. The Kier molecular flexibility index (Phi) is 6.33. The highest BCUT2D eigenvalue weighted by Crippen LogP contribution is 2.17. The lowest BCUT2D eigenvalue weighted by Gasteiger charge is -2.05. The smallest absolute Gasteiger partial charge is 0.305 e. The highest BCUT2D eigenvalue weighted by molar-refractivity contribution is 6.06. The molecular formula is C21H24N4O4. The number of para-hydroxylation sites is 1. The molecule has 29 heavy (non-hydrogen) atoms. The Balaban J connectivity index is 1.57. The van der Waals surface area contributed by atoms with Gasteiger partial charge in [0.25, 0.3) is 11.8 Å². The fraction of sp³-hybridized carbons (Fsp3) is 0.286. The van der Waals surface area contributed by atoms with Gasteiger partial charge in [-0.25, -0.2) is 0 Å². The van der Waals surface area contributed by atoms with E-state index in [1.807, 2.05) is 24.3 Å². The van der Waals surface area contributed by atoms with Gasteiger partial charge in [0.2, 0.25) is 0 Å². The number of hydrogen-bond acceptors (Lipinski definition) is 4. The van der Waals surface area contributed by atoms with E-state index in [1.54, 1.807) is 36.9 Å². The molecule has 0 saturated heterocycles. The summed E-state index contributed by atoms with van der Waals surface area (Å²) in [4.78, 5) is 39.2. The number of esters is 1. The second-order valence-corrected chi connectivity index (χ2v) is 6.61. The standard InChI is InChI=1S/C21H24N4O4/c1-3-29-19(26)9-6-10-22-21(28)18-12-15(13-25(18)2)23-20(27)17-11-14-7-4-5-8-16(14)24-17/h4-5,7-8,11-13,24H,3,6,9-10H2,1-2H3,(H,22,28)(H,23,27). The normalized spacial score (nSPS) is 10.7. The molecule has 0 aliphatic carbocycles. The van der Waals surface area contributed by atoms with Crippen molar-refractivity contribution in [3.63, 3.8) is 0 Å². The van der Waals surface area contributed by atoms with Gasteiger partial charge >= 0.3 is 5.97 Å². The summed E-state index contributed by atoms with van der Waals surface area (Å²) in [5.74, 6) is -0.835. The summed E-state index contributed by atoms with van der Waals surface area (Å²) < 4.78 is 6.49. The molecule has 3 aromatic rings. The maximum atomic E-state index is 12.5. The number of amides is 2. The third kappa shape index (κ3) is 5.04. The van der Waals surface area contributed by atoms with Gasteiger partial charge in [-0.3, -0.25) is 14.4 Å². The summed E-state index contributed by atoms with van der Waals surface area (Å²) in [6.07, 6.45) is 2.43. The first-order valence-electron chi connectivity index (χ1n) is 9.47. The van der Waals surface area contributed by atoms with Crippen molar-refractivity contribution in [3.05, 3.63) is 54.0 Å². The Labute approximate surface area is 168 Å². The van der Waals surface area contributed by atoms with Gasteiger partial charge in [0.1, 0.15) is 11.4 Å². The number of nitrogens with one attached hydrogen (secondary N) is 3. The van der Waals surface area contributed by atoms with Crippen LogP contribution < -0.4 is 10.6 Å². The molecule has 2 amide bonds. The number of carbonyl (C=O) groups excluding carboxylic acids is 3. The minimum Gasteiger partial charge on any atom is -0.466 e. The molecule has 0 fully saturated rings. The SMILES string of the molecule is CCOC(=O)CCCNC(=O)c1cc(NC(=O)c2cc3ccccc3[nH]2)cn1C. The number of carbonyl (C=O) groups is 3. The zero-order chi connectivity index (χ0) is 20.8. The Hall–Kier alpha value is -3.55. The van der Waals surface area contributed by atoms with E-state index in [4.69, 9.17) is 4.74 Å². The summed E-state index contributed by atoms with van der Waals surface area (Å²) in [5, 5.41) is 6.52. The van der Waals surface area contributed by atoms with Gasteiger partial charge in [-0.05, 0) is 31.5 Å². The minimum absolute atomic E-state index is 0.257. The molecule has 3 rings (SSSR count). The number of hydrogen-bond donors (Lipinski definition) is 3. The van der Waals surface area contributed by atoms with Crippen LogP contribution in [0, 0.1) is 0 Å². The first-order valence-corrected chi connectivity index (χ1v) is 9.47. The Morgan fingerprint density at radius 1 is 1.14 bits per heavy atom. The van der Waals surface area contributed by atoms with Crippen LogP contribution in [0.15, 0.2) is 42.6 Å². The Bertz CT molecular complexity index is 1000. The van der Waals surface area contributed by atoms with Crippen molar-refractivity contribution in [2.75, 3.05) is 18.5 Å². The van der Waals surface area contributed by atoms with Gasteiger partial charge in [-0.15, -0.1) is 0 Å². The molecule has 8 heteroatoms. The number of rotatable bonds is 8. The number of nitrogens with zero attached hydrogens (tertiary/aromatic N) is 1. The third-order valence-electron chi connectivity index (χ3n) is 4.42. The van der Waals surface area contributed by atoms with Crippen LogP contribution >= 0.6 is 0 Å². The van der Waals surface area contributed by atoms with E-state index in [0.717, 1.165) is 10.9 Å². The van der Waals surface area contributed by atoms with Gasteiger partial charge in [0, 0.05) is 37.1 Å². The van der Waals surface area contributed by atoms with Crippen molar-refractivity contribution in [1.82, 2.24) is 14.9 Å². The lowest BCUT2D eigenvalue weighted by molar-refractivity contribution is -0.143. The minimum atomic E-state index is -0.284. The Morgan fingerprint density at radius 2 is 1.93 bits per heavy atom. The van der Waals surface area contributed by atoms with Crippen LogP contribution in [0.2, 0.25) is 0 Å². The molecule has 0 aliphatic heterocycles. The molecular weight excluding hydrogens is 372 g/mol. The van der Waals surface area contributed by atoms with Crippen LogP contribution in [0.5, 0.6) is 0 Å². The maximum Gasteiger partial charge on any atom is 0.305 e. The summed E-state index contributed by atoms with van der Waals surface area (Å²) in [5.41, 5.74) is 2.26. The van der Waals surface area contributed by atoms with E-state index in [1.165, 1.54) is 0 Å². The second-order valence-electron chi connectivity index (χ2n) is 6.61. The van der Waals surface area contributed by atoms with Crippen molar-refractivity contribution in [2.24, 2.45) is 7.05 Å². The predicted molar refractivity (Wildman–Crippen MR) is 110 cm³/mol. The number of anilines is 1. The first kappa shape index (κ1) is 20.2. The van der Waals surface area contributed by atoms with Gasteiger partial charge in [0.15, 0.2) is 0 Å². The molecule has 0 atom stereocenters. The van der Waals surface area contributed by atoms with Gasteiger partial charge in [0.05, 0.1) is 12.3 Å². The molecule has 0 bridgehead atoms. The number of aromatic nitrogens is 2. The van der Waals surface area contributed by atoms with Crippen LogP contribution in [0.4, 0.5) is 5.69 Å². The van der Waals surface area contributed by atoms with Gasteiger partial charge in [-0.1, -0.05) is 18.2 Å². The molecule has 2 heterocycles. The largest absolute Gasteiger partial charge is 0.466 e. The summed E-state index contributed by atoms with van der Waals surface area (Å²) >= 11 is 0. The van der Waals surface area contributed by atoms with E-state index in [9.17, 15) is 14.4 Å². The summed E-state index contributed by atoms with van der Waals surface area (Å²) in [7, 11) is 1.73. The molecule has 8 nitrogen and oxygen atoms in total. The van der Waals surface area contributed by atoms with Crippen molar-refractivity contribution in [3.8, 4) is 0 Å². The van der Waals surface area contributed by atoms with Crippen molar-refractivity contribution in [1.29, 1.82) is 0 Å². The van der Waals surface area contributed by atoms with Crippen molar-refractivity contribution >= 4 is 34.4 Å². The number of ether oxygens (including phenoxy) is 1. The first-order chi connectivity index (χ1) is 14.0. The molecule has 0 aliphatic rings. The van der Waals surface area contributed by atoms with Crippen LogP contribution in [0.1, 0.15) is 40.7 Å². The van der Waals surface area contributed by atoms with E-state index in [0.29, 0.717) is 36.6 Å². The highest BCUT2D eigenvalue weighted by Gasteiger charge is 2.15. The lowest BCUT2D eigenvalue weighted by Crippen LogP contribution is -2.26. The lowest BCUT2D eigenvalue weighted by atomic mass is 10.2. The predicted octanol–water partition coefficient (Wildman–Crippen LogP) is 2.83. The topological polar surface area (TPSA) is 105 Å². The molecule has 152 valence electrons. The fourth-order valence-electron chi connectivity index (χ4n) is 3.01. The molecule has 1 aromatic carbocycles. The van der Waals surface area contributed by atoms with Crippen LogP contribution in [0.25, 0.3) is 10.9 Å². The van der Waals surface area contributed by atoms with E-state index in [2.05, 4.69) is 15.6 Å². The van der Waals surface area contributed by atoms with Crippen LogP contribution in [-0.4, -0.2) is 40.5 Å². The number of aryl methyl sites for hydroxylation is 1. The molecule has 2 aromatic heterocycles. The number of H-pyrrole nitrogens is 1. The highest BCUT2D eigenvalue weighted by atomic mass is 16.5. The van der Waals surface area contributed by atoms with Gasteiger partial charge < -0.3 is 24.9 Å². The Morgan fingerprint density at radius 3 is 2.69 bits per heavy atom. The van der Waals surface area contributed by atoms with Crippen molar-refractivity contribution < 1.29 is 19.1 Å². The number of benzene rings is 1. The average Bonchev–Trinajstić information content (AvgIpc) is 3.28. The monoisotopic (exact) mass is 396 g/mol. The maximum absolute atomic E-state index is 12.5. The molecule has 3 N–H and O–H groups in total. The van der Waals surface area contributed by atoms with Crippen LogP contribution in [0.3, 0.4) is 0 Å². The molecule has 0 saturated carbocycles. The van der Waals surface area contributed by atoms with Crippen molar-refractivity contribution in [2.45, 2.75) is 19.8 Å². The number of aromatic amines is 1. The zero-order valence-corrected chi connectivity index (χ0v) is 16.5. The van der Waals surface area contributed by atoms with Gasteiger partial charge in [-0.2, -0.15) is 0 Å². The van der Waals surface area contributed by atoms with E-state index >= 15 is 0 Å². The quantitative estimate of drug-likeness (QED) is 0.402. The molecule has 0 spiro atoms. The summed E-state index contributed by atoms with van der Waals surface area (Å²) in [6.45, 7) is 2.46. The van der Waals surface area contributed by atoms with E-state index < -0.39 is 0 Å². The number of fused-ring (bicyclic) bond motifs is 1. The average molecular weight is 396 g/mol. The molecule has 0 radical (unpaired) electrons. The third-order valence-corrected chi connectivity index (χ3v) is 4.42. The molecule has 0 unspecified atom stereocenters. The second kappa shape index (κ2) is 9.09.